The van der Waals surface area contributed by atoms with Crippen LogP contribution in [0.3, 0.4) is 0 Å². The van der Waals surface area contributed by atoms with Crippen LogP contribution < -0.4 is 5.32 Å². The first kappa shape index (κ1) is 18.1. The summed E-state index contributed by atoms with van der Waals surface area (Å²) in [5.74, 6) is 0.438. The minimum Gasteiger partial charge on any atom is -0.339 e. The van der Waals surface area contributed by atoms with Crippen molar-refractivity contribution in [2.24, 2.45) is 13.0 Å². The number of carbonyl (C=O) groups excluding carboxylic acids is 2. The van der Waals surface area contributed by atoms with Gasteiger partial charge in [0, 0.05) is 44.0 Å². The lowest BCUT2D eigenvalue weighted by Gasteiger charge is -2.14. The summed E-state index contributed by atoms with van der Waals surface area (Å²) in [6, 6.07) is 10.2. The predicted molar refractivity (Wildman–Crippen MR) is 111 cm³/mol. The highest BCUT2D eigenvalue weighted by atomic mass is 32.1. The number of benzene rings is 1. The zero-order chi connectivity index (χ0) is 20.0. The Morgan fingerprint density at radius 2 is 2.03 bits per heavy atom. The molecule has 2 aliphatic rings. The smallest absolute Gasteiger partial charge is 0.231 e. The summed E-state index contributed by atoms with van der Waals surface area (Å²) >= 11 is 1.41. The Bertz CT molecular complexity index is 1070. The fraction of sp³-hybridized carbons (Fsp3) is 0.333. The Balaban J connectivity index is 1.42. The molecule has 1 saturated carbocycles. The van der Waals surface area contributed by atoms with Crippen LogP contribution in [0.2, 0.25) is 0 Å². The molecule has 1 aliphatic heterocycles. The number of rotatable bonds is 5. The number of thiazole rings is 1. The molecule has 1 aromatic carbocycles. The van der Waals surface area contributed by atoms with Crippen molar-refractivity contribution in [1.29, 1.82) is 0 Å². The average molecular weight is 407 g/mol. The molecule has 7 nitrogen and oxygen atoms in total. The van der Waals surface area contributed by atoms with Crippen molar-refractivity contribution < 1.29 is 9.59 Å². The number of likely N-dealkylation sites (tertiary alicyclic amines) is 1. The van der Waals surface area contributed by atoms with Gasteiger partial charge in [0.15, 0.2) is 11.0 Å². The van der Waals surface area contributed by atoms with E-state index in [1.165, 1.54) is 11.3 Å². The van der Waals surface area contributed by atoms with E-state index >= 15 is 0 Å². The number of hydrogen-bond donors (Lipinski definition) is 1. The third-order valence-electron chi connectivity index (χ3n) is 5.45. The molecule has 0 bridgehead atoms. The second kappa shape index (κ2) is 7.11. The summed E-state index contributed by atoms with van der Waals surface area (Å²) in [6.07, 6.45) is 6.03. The van der Waals surface area contributed by atoms with E-state index in [-0.39, 0.29) is 24.2 Å². The maximum absolute atomic E-state index is 12.8. The molecule has 29 heavy (non-hydrogen) atoms. The summed E-state index contributed by atoms with van der Waals surface area (Å²) in [5.41, 5.74) is 1.76. The van der Waals surface area contributed by atoms with Gasteiger partial charge in [-0.1, -0.05) is 41.7 Å². The lowest BCUT2D eigenvalue weighted by Crippen LogP contribution is -2.29. The van der Waals surface area contributed by atoms with E-state index in [1.807, 2.05) is 53.0 Å². The number of imidazole rings is 1. The average Bonchev–Trinajstić information content (AvgIpc) is 3.14. The number of nitrogens with zero attached hydrogens (tertiary/aromatic N) is 4. The molecule has 2 aromatic heterocycles. The molecular formula is C21H21N5O2S. The van der Waals surface area contributed by atoms with Crippen molar-refractivity contribution in [2.75, 3.05) is 11.9 Å². The van der Waals surface area contributed by atoms with Gasteiger partial charge in [-0.25, -0.2) is 9.97 Å². The van der Waals surface area contributed by atoms with E-state index in [0.717, 1.165) is 34.8 Å². The van der Waals surface area contributed by atoms with Crippen molar-refractivity contribution in [3.05, 3.63) is 42.7 Å². The number of carbonyl (C=O) groups is 2. The van der Waals surface area contributed by atoms with Crippen LogP contribution in [0.5, 0.6) is 0 Å². The summed E-state index contributed by atoms with van der Waals surface area (Å²) in [4.78, 5) is 36.9. The summed E-state index contributed by atoms with van der Waals surface area (Å²) in [6.45, 7) is 0.512. The lowest BCUT2D eigenvalue weighted by molar-refractivity contribution is -0.128. The van der Waals surface area contributed by atoms with Gasteiger partial charge >= 0.3 is 0 Å². The van der Waals surface area contributed by atoms with Crippen LogP contribution >= 0.6 is 11.3 Å². The van der Waals surface area contributed by atoms with Crippen molar-refractivity contribution in [3.63, 3.8) is 0 Å². The van der Waals surface area contributed by atoms with E-state index in [2.05, 4.69) is 10.3 Å². The summed E-state index contributed by atoms with van der Waals surface area (Å²) in [7, 11) is 1.94. The molecule has 8 heteroatoms. The van der Waals surface area contributed by atoms with Gasteiger partial charge in [0.1, 0.15) is 0 Å². The maximum Gasteiger partial charge on any atom is 0.231 e. The molecule has 1 N–H and O–H groups in total. The third-order valence-corrected chi connectivity index (χ3v) is 6.41. The molecule has 1 atom stereocenters. The lowest BCUT2D eigenvalue weighted by atomic mass is 10.1. The summed E-state index contributed by atoms with van der Waals surface area (Å²) < 4.78 is 1.94. The zero-order valence-corrected chi connectivity index (χ0v) is 16.9. The number of amides is 2. The fourth-order valence-corrected chi connectivity index (χ4v) is 4.79. The highest BCUT2D eigenvalue weighted by molar-refractivity contribution is 7.19. The van der Waals surface area contributed by atoms with E-state index < -0.39 is 0 Å². The van der Waals surface area contributed by atoms with E-state index in [0.29, 0.717) is 17.7 Å². The molecule has 148 valence electrons. The largest absolute Gasteiger partial charge is 0.339 e. The van der Waals surface area contributed by atoms with Gasteiger partial charge in [-0.05, 0) is 12.8 Å². The van der Waals surface area contributed by atoms with Crippen molar-refractivity contribution in [3.8, 4) is 22.0 Å². The number of aryl methyl sites for hydroxylation is 1. The predicted octanol–water partition coefficient (Wildman–Crippen LogP) is 3.16. The Morgan fingerprint density at radius 1 is 1.24 bits per heavy atom. The molecule has 1 aliphatic carbocycles. The Labute approximate surface area is 172 Å². The number of anilines is 1. The molecule has 3 heterocycles. The van der Waals surface area contributed by atoms with E-state index in [1.54, 1.807) is 6.20 Å². The van der Waals surface area contributed by atoms with Crippen LogP contribution in [0, 0.1) is 5.92 Å². The van der Waals surface area contributed by atoms with Crippen LogP contribution in [-0.2, 0) is 16.6 Å². The second-order valence-electron chi connectivity index (χ2n) is 7.59. The van der Waals surface area contributed by atoms with Gasteiger partial charge in [0.05, 0.1) is 16.5 Å². The minimum absolute atomic E-state index is 0.0884. The first-order valence-corrected chi connectivity index (χ1v) is 10.6. The monoisotopic (exact) mass is 407 g/mol. The van der Waals surface area contributed by atoms with Gasteiger partial charge in [-0.15, -0.1) is 0 Å². The molecule has 3 aromatic rings. The third kappa shape index (κ3) is 3.44. The first-order valence-electron chi connectivity index (χ1n) is 9.74. The topological polar surface area (TPSA) is 80.1 Å². The molecule has 0 radical (unpaired) electrons. The Hall–Kier alpha value is -3.00. The highest BCUT2D eigenvalue weighted by Crippen LogP contribution is 2.39. The first-order chi connectivity index (χ1) is 14.1. The van der Waals surface area contributed by atoms with E-state index in [4.69, 9.17) is 4.98 Å². The van der Waals surface area contributed by atoms with Crippen molar-refractivity contribution >= 4 is 28.3 Å². The van der Waals surface area contributed by atoms with Crippen molar-refractivity contribution in [2.45, 2.75) is 25.3 Å². The standard InChI is InChI=1S/C21H21N5O2S/c1-25-10-9-22-19(25)18-17(13-5-3-2-4-6-13)23-21(29-18)24-20(28)14-11-16(27)26(12-14)15-7-8-15/h2-6,9-10,14-15H,7-8,11-12H2,1H3,(H,23,24,28). The van der Waals surface area contributed by atoms with Gasteiger partial charge in [0.2, 0.25) is 11.8 Å². The van der Waals surface area contributed by atoms with Crippen molar-refractivity contribution in [1.82, 2.24) is 19.4 Å². The van der Waals surface area contributed by atoms with Crippen LogP contribution in [0.4, 0.5) is 5.13 Å². The van der Waals surface area contributed by atoms with Gasteiger partial charge in [-0.2, -0.15) is 0 Å². The maximum atomic E-state index is 12.8. The zero-order valence-electron chi connectivity index (χ0n) is 16.0. The number of nitrogens with one attached hydrogen (secondary N) is 1. The highest BCUT2D eigenvalue weighted by Gasteiger charge is 2.41. The van der Waals surface area contributed by atoms with Crippen LogP contribution in [-0.4, -0.2) is 43.8 Å². The van der Waals surface area contributed by atoms with Gasteiger partial charge in [0.25, 0.3) is 0 Å². The second-order valence-corrected chi connectivity index (χ2v) is 8.59. The molecule has 1 saturated heterocycles. The number of aromatic nitrogens is 3. The SMILES string of the molecule is Cn1ccnc1-c1sc(NC(=O)C2CC(=O)N(C3CC3)C2)nc1-c1ccccc1. The Kier molecular flexibility index (Phi) is 4.43. The van der Waals surface area contributed by atoms with Crippen LogP contribution in [0.1, 0.15) is 19.3 Å². The fourth-order valence-electron chi connectivity index (χ4n) is 3.76. The molecule has 0 spiro atoms. The molecule has 2 fully saturated rings. The normalized spacial score (nSPS) is 19.0. The van der Waals surface area contributed by atoms with E-state index in [9.17, 15) is 9.59 Å². The summed E-state index contributed by atoms with van der Waals surface area (Å²) in [5, 5.41) is 3.48. The molecule has 1 unspecified atom stereocenters. The molecular weight excluding hydrogens is 386 g/mol. The minimum atomic E-state index is -0.316. The molecule has 2 amide bonds. The molecule has 5 rings (SSSR count). The van der Waals surface area contributed by atoms with Gasteiger partial charge < -0.3 is 14.8 Å². The van der Waals surface area contributed by atoms with Crippen LogP contribution in [0.15, 0.2) is 42.7 Å². The number of hydrogen-bond acceptors (Lipinski definition) is 5. The van der Waals surface area contributed by atoms with Crippen LogP contribution in [0.25, 0.3) is 22.0 Å². The Morgan fingerprint density at radius 3 is 2.72 bits per heavy atom. The van der Waals surface area contributed by atoms with Gasteiger partial charge in [-0.3, -0.25) is 9.59 Å². The quantitative estimate of drug-likeness (QED) is 0.705.